The summed E-state index contributed by atoms with van der Waals surface area (Å²) in [6.45, 7) is 1.34. The number of nitrogens with zero attached hydrogens (tertiary/aromatic N) is 2. The third-order valence-electron chi connectivity index (χ3n) is 3.86. The van der Waals surface area contributed by atoms with Crippen LogP contribution in [0.3, 0.4) is 0 Å². The van der Waals surface area contributed by atoms with Gasteiger partial charge >= 0.3 is 0 Å². The molecule has 0 saturated heterocycles. The monoisotopic (exact) mass is 278 g/mol. The fourth-order valence-corrected chi connectivity index (χ4v) is 2.75. The van der Waals surface area contributed by atoms with Gasteiger partial charge in [-0.25, -0.2) is 4.98 Å². The maximum atomic E-state index is 12.1. The molecule has 1 aliphatic rings. The van der Waals surface area contributed by atoms with Gasteiger partial charge in [-0.05, 0) is 19.3 Å². The summed E-state index contributed by atoms with van der Waals surface area (Å²) >= 11 is 0. The predicted molar refractivity (Wildman–Crippen MR) is 70.3 cm³/mol. The van der Waals surface area contributed by atoms with E-state index < -0.39 is 17.8 Å². The van der Waals surface area contributed by atoms with Crippen molar-refractivity contribution in [3.05, 3.63) is 18.7 Å². The second kappa shape index (κ2) is 7.07. The summed E-state index contributed by atoms with van der Waals surface area (Å²) < 4.78 is 1.94. The number of imidazole rings is 1. The SMILES string of the molecule is O=C([O-])[C@H]1CCCC[C@@H]1C(=O)NCCCn1ccnc1. The molecule has 1 aromatic rings. The molecular formula is C14H20N3O3-. The summed E-state index contributed by atoms with van der Waals surface area (Å²) in [6, 6.07) is 0. The maximum Gasteiger partial charge on any atom is 0.223 e. The van der Waals surface area contributed by atoms with Gasteiger partial charge in [0.05, 0.1) is 6.33 Å². The zero-order valence-electron chi connectivity index (χ0n) is 11.5. The average molecular weight is 278 g/mol. The minimum Gasteiger partial charge on any atom is -0.550 e. The highest BCUT2D eigenvalue weighted by Gasteiger charge is 2.31. The van der Waals surface area contributed by atoms with Crippen LogP contribution in [0.1, 0.15) is 32.1 Å². The van der Waals surface area contributed by atoms with Crippen LogP contribution in [0.15, 0.2) is 18.7 Å². The van der Waals surface area contributed by atoms with Crippen LogP contribution in [-0.4, -0.2) is 28.0 Å². The minimum atomic E-state index is -1.09. The average Bonchev–Trinajstić information content (AvgIpc) is 2.96. The lowest BCUT2D eigenvalue weighted by atomic mass is 9.79. The first-order valence-electron chi connectivity index (χ1n) is 7.13. The number of hydrogen-bond donors (Lipinski definition) is 1. The molecule has 0 bridgehead atoms. The summed E-state index contributed by atoms with van der Waals surface area (Å²) in [6.07, 6.45) is 9.08. The number of nitrogens with one attached hydrogen (secondary N) is 1. The zero-order chi connectivity index (χ0) is 14.4. The molecule has 0 aliphatic heterocycles. The standard InChI is InChI=1S/C14H21N3O3/c18-13(11-4-1-2-5-12(11)14(19)20)16-6-3-8-17-9-7-15-10-17/h7,9-12H,1-6,8H2,(H,16,18)(H,19,20)/p-1/t11-,12-/m0/s1. The molecule has 1 N–H and O–H groups in total. The Labute approximate surface area is 118 Å². The molecular weight excluding hydrogens is 258 g/mol. The number of hydrogen-bond acceptors (Lipinski definition) is 4. The van der Waals surface area contributed by atoms with Gasteiger partial charge in [0, 0.05) is 43.3 Å². The summed E-state index contributed by atoms with van der Waals surface area (Å²) in [5, 5.41) is 13.9. The van der Waals surface area contributed by atoms with Crippen LogP contribution in [0.4, 0.5) is 0 Å². The van der Waals surface area contributed by atoms with E-state index in [1.807, 2.05) is 10.8 Å². The number of aromatic nitrogens is 2. The highest BCUT2D eigenvalue weighted by molar-refractivity contribution is 5.84. The van der Waals surface area contributed by atoms with E-state index in [4.69, 9.17) is 0 Å². The van der Waals surface area contributed by atoms with Crippen molar-refractivity contribution in [2.24, 2.45) is 11.8 Å². The van der Waals surface area contributed by atoms with Gasteiger partial charge in [-0.15, -0.1) is 0 Å². The van der Waals surface area contributed by atoms with E-state index in [0.29, 0.717) is 19.4 Å². The molecule has 1 heterocycles. The van der Waals surface area contributed by atoms with Gasteiger partial charge in [-0.3, -0.25) is 4.79 Å². The van der Waals surface area contributed by atoms with E-state index in [0.717, 1.165) is 25.8 Å². The molecule has 1 amide bonds. The van der Waals surface area contributed by atoms with E-state index in [1.54, 1.807) is 12.5 Å². The first-order valence-corrected chi connectivity index (χ1v) is 7.13. The first-order chi connectivity index (χ1) is 9.68. The van der Waals surface area contributed by atoms with Crippen molar-refractivity contribution in [2.45, 2.75) is 38.6 Å². The van der Waals surface area contributed by atoms with Gasteiger partial charge in [-0.2, -0.15) is 0 Å². The highest BCUT2D eigenvalue weighted by Crippen LogP contribution is 2.29. The molecule has 0 unspecified atom stereocenters. The molecule has 20 heavy (non-hydrogen) atoms. The summed E-state index contributed by atoms with van der Waals surface area (Å²) in [5.74, 6) is -2.30. The minimum absolute atomic E-state index is 0.149. The van der Waals surface area contributed by atoms with Crippen molar-refractivity contribution in [2.75, 3.05) is 6.54 Å². The van der Waals surface area contributed by atoms with Gasteiger partial charge in [-0.1, -0.05) is 12.8 Å². The molecule has 2 rings (SSSR count). The van der Waals surface area contributed by atoms with Gasteiger partial charge < -0.3 is 19.8 Å². The van der Waals surface area contributed by atoms with E-state index in [1.165, 1.54) is 0 Å². The Kier molecular flexibility index (Phi) is 5.15. The van der Waals surface area contributed by atoms with E-state index in [2.05, 4.69) is 10.3 Å². The molecule has 1 fully saturated rings. The van der Waals surface area contributed by atoms with Crippen LogP contribution >= 0.6 is 0 Å². The summed E-state index contributed by atoms with van der Waals surface area (Å²) in [5.41, 5.74) is 0. The first kappa shape index (κ1) is 14.6. The van der Waals surface area contributed by atoms with Gasteiger partial charge in [0.15, 0.2) is 0 Å². The lowest BCUT2D eigenvalue weighted by Crippen LogP contribution is -2.44. The molecule has 110 valence electrons. The topological polar surface area (TPSA) is 87.0 Å². The Morgan fingerprint density at radius 1 is 1.30 bits per heavy atom. The van der Waals surface area contributed by atoms with Crippen LogP contribution < -0.4 is 10.4 Å². The Bertz CT molecular complexity index is 445. The van der Waals surface area contributed by atoms with Crippen molar-refractivity contribution in [1.82, 2.24) is 14.9 Å². The Morgan fingerprint density at radius 2 is 2.05 bits per heavy atom. The third-order valence-corrected chi connectivity index (χ3v) is 3.86. The second-order valence-electron chi connectivity index (χ2n) is 5.26. The van der Waals surface area contributed by atoms with Crippen molar-refractivity contribution in [3.63, 3.8) is 0 Å². The third kappa shape index (κ3) is 3.82. The van der Waals surface area contributed by atoms with E-state index in [-0.39, 0.29) is 5.91 Å². The number of carbonyl (C=O) groups is 2. The Balaban J connectivity index is 1.74. The quantitative estimate of drug-likeness (QED) is 0.739. The van der Waals surface area contributed by atoms with E-state index >= 15 is 0 Å². The highest BCUT2D eigenvalue weighted by atomic mass is 16.4. The van der Waals surface area contributed by atoms with Crippen molar-refractivity contribution < 1.29 is 14.7 Å². The predicted octanol–water partition coefficient (Wildman–Crippen LogP) is -0.0543. The van der Waals surface area contributed by atoms with Gasteiger partial charge in [0.1, 0.15) is 0 Å². The van der Waals surface area contributed by atoms with Gasteiger partial charge in [0.2, 0.25) is 5.91 Å². The van der Waals surface area contributed by atoms with Gasteiger partial charge in [0.25, 0.3) is 0 Å². The normalized spacial score (nSPS) is 22.4. The zero-order valence-corrected chi connectivity index (χ0v) is 11.5. The maximum absolute atomic E-state index is 12.1. The van der Waals surface area contributed by atoms with E-state index in [9.17, 15) is 14.7 Å². The second-order valence-corrected chi connectivity index (χ2v) is 5.26. The number of amides is 1. The van der Waals surface area contributed by atoms with Crippen LogP contribution in [0.2, 0.25) is 0 Å². The molecule has 0 radical (unpaired) electrons. The lowest BCUT2D eigenvalue weighted by molar-refractivity contribution is -0.314. The van der Waals surface area contributed by atoms with Crippen molar-refractivity contribution in [3.8, 4) is 0 Å². The molecule has 0 spiro atoms. The number of carbonyl (C=O) groups excluding carboxylic acids is 2. The summed E-state index contributed by atoms with van der Waals surface area (Å²) in [7, 11) is 0. The van der Waals surface area contributed by atoms with Crippen molar-refractivity contribution >= 4 is 11.9 Å². The number of carboxylic acid groups (broad SMARTS) is 1. The number of carboxylic acids is 1. The fourth-order valence-electron chi connectivity index (χ4n) is 2.75. The number of aliphatic carboxylic acids is 1. The molecule has 6 heteroatoms. The Morgan fingerprint density at radius 3 is 2.70 bits per heavy atom. The van der Waals surface area contributed by atoms with Crippen LogP contribution in [0, 0.1) is 11.8 Å². The molecule has 2 atom stereocenters. The summed E-state index contributed by atoms with van der Waals surface area (Å²) in [4.78, 5) is 27.0. The molecule has 0 aromatic carbocycles. The molecule has 1 aromatic heterocycles. The molecule has 1 saturated carbocycles. The van der Waals surface area contributed by atoms with Crippen LogP contribution in [-0.2, 0) is 16.1 Å². The Hall–Kier alpha value is -1.85. The molecule has 6 nitrogen and oxygen atoms in total. The number of rotatable bonds is 6. The smallest absolute Gasteiger partial charge is 0.223 e. The largest absolute Gasteiger partial charge is 0.550 e. The lowest BCUT2D eigenvalue weighted by Gasteiger charge is -2.31. The van der Waals surface area contributed by atoms with Crippen LogP contribution in [0.25, 0.3) is 0 Å². The number of aryl methyl sites for hydroxylation is 1. The fraction of sp³-hybridized carbons (Fsp3) is 0.643. The molecule has 1 aliphatic carbocycles. The van der Waals surface area contributed by atoms with Crippen molar-refractivity contribution in [1.29, 1.82) is 0 Å². The van der Waals surface area contributed by atoms with Crippen LogP contribution in [0.5, 0.6) is 0 Å².